The van der Waals surface area contributed by atoms with E-state index < -0.39 is 0 Å². The van der Waals surface area contributed by atoms with Crippen molar-refractivity contribution in [2.75, 3.05) is 38.6 Å². The molecule has 3 rings (SSSR count). The number of nitrogens with one attached hydrogen (secondary N) is 1. The summed E-state index contributed by atoms with van der Waals surface area (Å²) in [6.07, 6.45) is 2.83. The molecule has 144 valence electrons. The van der Waals surface area contributed by atoms with Crippen molar-refractivity contribution in [2.45, 2.75) is 25.3 Å². The van der Waals surface area contributed by atoms with Crippen molar-refractivity contribution >= 4 is 23.2 Å². The molecule has 1 amide bonds. The van der Waals surface area contributed by atoms with Crippen molar-refractivity contribution in [3.05, 3.63) is 64.7 Å². The number of benzene rings is 2. The second-order valence-corrected chi connectivity index (χ2v) is 7.79. The van der Waals surface area contributed by atoms with Gasteiger partial charge in [-0.1, -0.05) is 35.9 Å². The molecule has 1 saturated heterocycles. The number of anilines is 1. The lowest BCUT2D eigenvalue weighted by atomic mass is 10.0. The Morgan fingerprint density at radius 1 is 1.07 bits per heavy atom. The van der Waals surface area contributed by atoms with Crippen molar-refractivity contribution in [3.63, 3.8) is 0 Å². The summed E-state index contributed by atoms with van der Waals surface area (Å²) in [5, 5.41) is 3.82. The summed E-state index contributed by atoms with van der Waals surface area (Å²) in [5.41, 5.74) is 3.42. The van der Waals surface area contributed by atoms with Gasteiger partial charge in [-0.2, -0.15) is 0 Å². The summed E-state index contributed by atoms with van der Waals surface area (Å²) in [7, 11) is 4.09. The first-order valence-corrected chi connectivity index (χ1v) is 9.93. The van der Waals surface area contributed by atoms with Crippen LogP contribution in [0.4, 0.5) is 5.69 Å². The van der Waals surface area contributed by atoms with Crippen LogP contribution in [0.15, 0.2) is 48.5 Å². The minimum atomic E-state index is 0.0476. The van der Waals surface area contributed by atoms with Gasteiger partial charge in [0.2, 0.25) is 5.91 Å². The third-order valence-corrected chi connectivity index (χ3v) is 5.40. The Bertz CT molecular complexity index is 737. The lowest BCUT2D eigenvalue weighted by molar-refractivity contribution is -0.120. The molecule has 1 heterocycles. The minimum Gasteiger partial charge on any atom is -0.378 e. The van der Waals surface area contributed by atoms with E-state index in [2.05, 4.69) is 39.4 Å². The monoisotopic (exact) mass is 385 g/mol. The Morgan fingerprint density at radius 2 is 1.70 bits per heavy atom. The Kier molecular flexibility index (Phi) is 6.75. The standard InChI is InChI=1S/C22H28ClN3O/c1-25(2)20-11-7-18(8-12-20)21(26-13-3-4-14-26)16-24-22(27)15-17-5-9-19(23)10-6-17/h5-12,21H,3-4,13-16H2,1-2H3,(H,24,27). The van der Waals surface area contributed by atoms with E-state index >= 15 is 0 Å². The maximum atomic E-state index is 12.4. The zero-order valence-corrected chi connectivity index (χ0v) is 16.9. The number of likely N-dealkylation sites (tertiary alicyclic amines) is 1. The highest BCUT2D eigenvalue weighted by Gasteiger charge is 2.24. The van der Waals surface area contributed by atoms with E-state index in [1.165, 1.54) is 24.1 Å². The first-order valence-electron chi connectivity index (χ1n) is 9.55. The summed E-state index contributed by atoms with van der Waals surface area (Å²) in [6.45, 7) is 2.81. The first kappa shape index (κ1) is 19.7. The average molecular weight is 386 g/mol. The normalized spacial score (nSPS) is 15.5. The molecule has 0 bridgehead atoms. The lowest BCUT2D eigenvalue weighted by Gasteiger charge is -2.28. The summed E-state index contributed by atoms with van der Waals surface area (Å²) in [4.78, 5) is 17.0. The lowest BCUT2D eigenvalue weighted by Crippen LogP contribution is -2.37. The fourth-order valence-electron chi connectivity index (χ4n) is 3.57. The molecule has 0 aromatic heterocycles. The number of hydrogen-bond acceptors (Lipinski definition) is 3. The molecule has 0 radical (unpaired) electrons. The Balaban J connectivity index is 1.64. The van der Waals surface area contributed by atoms with Gasteiger partial charge in [0.05, 0.1) is 12.5 Å². The van der Waals surface area contributed by atoms with Gasteiger partial charge in [-0.15, -0.1) is 0 Å². The average Bonchev–Trinajstić information content (AvgIpc) is 3.19. The second kappa shape index (κ2) is 9.25. The molecule has 1 N–H and O–H groups in total. The van der Waals surface area contributed by atoms with Crippen LogP contribution in [0.1, 0.15) is 30.0 Å². The maximum absolute atomic E-state index is 12.4. The van der Waals surface area contributed by atoms with Crippen LogP contribution in [0.2, 0.25) is 5.02 Å². The van der Waals surface area contributed by atoms with Crippen molar-refractivity contribution in [2.24, 2.45) is 0 Å². The van der Waals surface area contributed by atoms with E-state index in [9.17, 15) is 4.79 Å². The van der Waals surface area contributed by atoms with Gasteiger partial charge in [-0.25, -0.2) is 0 Å². The van der Waals surface area contributed by atoms with E-state index in [1.54, 1.807) is 0 Å². The Labute approximate surface area is 167 Å². The predicted octanol–water partition coefficient (Wildman–Crippen LogP) is 3.90. The smallest absolute Gasteiger partial charge is 0.224 e. The molecule has 2 aromatic rings. The SMILES string of the molecule is CN(C)c1ccc(C(CNC(=O)Cc2ccc(Cl)cc2)N2CCCC2)cc1. The number of carbonyl (C=O) groups is 1. The highest BCUT2D eigenvalue weighted by Crippen LogP contribution is 2.26. The molecule has 2 aromatic carbocycles. The second-order valence-electron chi connectivity index (χ2n) is 7.35. The topological polar surface area (TPSA) is 35.6 Å². The van der Waals surface area contributed by atoms with E-state index in [-0.39, 0.29) is 11.9 Å². The summed E-state index contributed by atoms with van der Waals surface area (Å²) in [5.74, 6) is 0.0476. The van der Waals surface area contributed by atoms with Crippen molar-refractivity contribution in [3.8, 4) is 0 Å². The van der Waals surface area contributed by atoms with Crippen LogP contribution in [-0.4, -0.2) is 44.5 Å². The number of carbonyl (C=O) groups excluding carboxylic acids is 1. The highest BCUT2D eigenvalue weighted by molar-refractivity contribution is 6.30. The number of nitrogens with zero attached hydrogens (tertiary/aromatic N) is 2. The predicted molar refractivity (Wildman–Crippen MR) is 112 cm³/mol. The fraction of sp³-hybridized carbons (Fsp3) is 0.409. The largest absolute Gasteiger partial charge is 0.378 e. The maximum Gasteiger partial charge on any atom is 0.224 e. The highest BCUT2D eigenvalue weighted by atomic mass is 35.5. The summed E-state index contributed by atoms with van der Waals surface area (Å²) >= 11 is 5.91. The molecule has 27 heavy (non-hydrogen) atoms. The molecule has 0 spiro atoms. The Morgan fingerprint density at radius 3 is 2.30 bits per heavy atom. The van der Waals surface area contributed by atoms with Gasteiger partial charge < -0.3 is 10.2 Å². The van der Waals surface area contributed by atoms with E-state index in [1.807, 2.05) is 38.4 Å². The van der Waals surface area contributed by atoms with Crippen molar-refractivity contribution < 1.29 is 4.79 Å². The molecule has 1 fully saturated rings. The number of halogens is 1. The number of hydrogen-bond donors (Lipinski definition) is 1. The van der Waals surface area contributed by atoms with Gasteiger partial charge in [0.1, 0.15) is 0 Å². The minimum absolute atomic E-state index is 0.0476. The quantitative estimate of drug-likeness (QED) is 0.785. The van der Waals surface area contributed by atoms with Crippen LogP contribution in [-0.2, 0) is 11.2 Å². The molecule has 4 nitrogen and oxygen atoms in total. The summed E-state index contributed by atoms with van der Waals surface area (Å²) in [6, 6.07) is 16.3. The number of amides is 1. The van der Waals surface area contributed by atoms with Gasteiger partial charge >= 0.3 is 0 Å². The fourth-order valence-corrected chi connectivity index (χ4v) is 3.69. The molecular formula is C22H28ClN3O. The summed E-state index contributed by atoms with van der Waals surface area (Å²) < 4.78 is 0. The van der Waals surface area contributed by atoms with E-state index in [4.69, 9.17) is 11.6 Å². The molecule has 1 aliphatic rings. The Hall–Kier alpha value is -2.04. The molecule has 1 atom stereocenters. The molecule has 1 aliphatic heterocycles. The van der Waals surface area contributed by atoms with Gasteiger partial charge in [0.15, 0.2) is 0 Å². The zero-order chi connectivity index (χ0) is 19.2. The van der Waals surface area contributed by atoms with Crippen molar-refractivity contribution in [1.29, 1.82) is 0 Å². The molecule has 0 aliphatic carbocycles. The van der Waals surface area contributed by atoms with Crippen LogP contribution in [0.5, 0.6) is 0 Å². The third kappa shape index (κ3) is 5.47. The molecule has 5 heteroatoms. The third-order valence-electron chi connectivity index (χ3n) is 5.15. The van der Waals surface area contributed by atoms with Crippen LogP contribution in [0.3, 0.4) is 0 Å². The van der Waals surface area contributed by atoms with Gasteiger partial charge in [-0.05, 0) is 61.3 Å². The van der Waals surface area contributed by atoms with Crippen molar-refractivity contribution in [1.82, 2.24) is 10.2 Å². The van der Waals surface area contributed by atoms with E-state index in [0.29, 0.717) is 18.0 Å². The first-order chi connectivity index (χ1) is 13.0. The van der Waals surface area contributed by atoms with Gasteiger partial charge in [-0.3, -0.25) is 9.69 Å². The van der Waals surface area contributed by atoms with E-state index in [0.717, 1.165) is 18.7 Å². The van der Waals surface area contributed by atoms with Gasteiger partial charge in [0, 0.05) is 31.4 Å². The molecular weight excluding hydrogens is 358 g/mol. The zero-order valence-electron chi connectivity index (χ0n) is 16.1. The van der Waals surface area contributed by atoms with Crippen LogP contribution < -0.4 is 10.2 Å². The van der Waals surface area contributed by atoms with Crippen LogP contribution in [0.25, 0.3) is 0 Å². The van der Waals surface area contributed by atoms with Gasteiger partial charge in [0.25, 0.3) is 0 Å². The van der Waals surface area contributed by atoms with Crippen LogP contribution in [0, 0.1) is 0 Å². The molecule has 0 saturated carbocycles. The van der Waals surface area contributed by atoms with Crippen LogP contribution >= 0.6 is 11.6 Å². The number of rotatable bonds is 7. The molecule has 1 unspecified atom stereocenters.